The predicted molar refractivity (Wildman–Crippen MR) is 100 cm³/mol. The lowest BCUT2D eigenvalue weighted by molar-refractivity contribution is -0.130. The maximum atomic E-state index is 12.5. The third kappa shape index (κ3) is 4.26. The van der Waals surface area contributed by atoms with Crippen molar-refractivity contribution in [2.75, 3.05) is 50.1 Å². The fraction of sp³-hybridized carbons (Fsp3) is 0.421. The molecule has 1 aliphatic rings. The quantitative estimate of drug-likeness (QED) is 0.849. The Balaban J connectivity index is 1.55. The first-order valence-corrected chi connectivity index (χ1v) is 8.62. The molecule has 3 rings (SSSR count). The van der Waals surface area contributed by atoms with E-state index in [4.69, 9.17) is 0 Å². The highest BCUT2D eigenvalue weighted by Crippen LogP contribution is 2.16. The number of amides is 1. The summed E-state index contributed by atoms with van der Waals surface area (Å²) in [6.45, 7) is 5.07. The van der Waals surface area contributed by atoms with Gasteiger partial charge in [-0.25, -0.2) is 0 Å². The van der Waals surface area contributed by atoms with E-state index in [1.165, 1.54) is 5.56 Å². The molecule has 0 spiro atoms. The molecule has 2 heterocycles. The van der Waals surface area contributed by atoms with Crippen LogP contribution in [0.2, 0.25) is 0 Å². The summed E-state index contributed by atoms with van der Waals surface area (Å²) in [6, 6.07) is 12.1. The number of hydrogen-bond donors (Lipinski definition) is 0. The van der Waals surface area contributed by atoms with Crippen molar-refractivity contribution in [3.8, 4) is 0 Å². The number of aromatic nitrogens is 2. The van der Waals surface area contributed by atoms with Gasteiger partial charge in [0, 0.05) is 40.3 Å². The highest BCUT2D eigenvalue weighted by Gasteiger charge is 2.22. The third-order valence-electron chi connectivity index (χ3n) is 4.49. The van der Waals surface area contributed by atoms with E-state index in [9.17, 15) is 4.79 Å². The van der Waals surface area contributed by atoms with Crippen molar-refractivity contribution < 1.29 is 4.79 Å². The standard InChI is InChI=1S/C19H25N5O/c1-15-5-4-6-16(13-15)14-19(25)24-11-9-23(10-12-24)18-8-7-17(20-21-18)22(2)3/h4-8,13H,9-12,14H2,1-3H3. The van der Waals surface area contributed by atoms with Crippen LogP contribution in [0.15, 0.2) is 36.4 Å². The zero-order valence-electron chi connectivity index (χ0n) is 15.1. The van der Waals surface area contributed by atoms with E-state index in [0.29, 0.717) is 6.42 Å². The van der Waals surface area contributed by atoms with Gasteiger partial charge in [-0.3, -0.25) is 4.79 Å². The van der Waals surface area contributed by atoms with Crippen molar-refractivity contribution in [1.82, 2.24) is 15.1 Å². The average molecular weight is 339 g/mol. The van der Waals surface area contributed by atoms with Crippen LogP contribution < -0.4 is 9.80 Å². The zero-order valence-corrected chi connectivity index (χ0v) is 15.1. The molecule has 2 aromatic rings. The van der Waals surface area contributed by atoms with Crippen LogP contribution in [0.1, 0.15) is 11.1 Å². The Hall–Kier alpha value is -2.63. The summed E-state index contributed by atoms with van der Waals surface area (Å²) in [5.41, 5.74) is 2.27. The number of aryl methyl sites for hydroxylation is 1. The molecular weight excluding hydrogens is 314 g/mol. The van der Waals surface area contributed by atoms with E-state index >= 15 is 0 Å². The van der Waals surface area contributed by atoms with Gasteiger partial charge >= 0.3 is 0 Å². The lowest BCUT2D eigenvalue weighted by Crippen LogP contribution is -2.49. The van der Waals surface area contributed by atoms with E-state index in [2.05, 4.69) is 34.2 Å². The molecule has 0 radical (unpaired) electrons. The number of piperazine rings is 1. The predicted octanol–water partition coefficient (Wildman–Crippen LogP) is 1.74. The van der Waals surface area contributed by atoms with Crippen LogP contribution >= 0.6 is 0 Å². The van der Waals surface area contributed by atoms with E-state index in [1.54, 1.807) is 0 Å². The summed E-state index contributed by atoms with van der Waals surface area (Å²) in [6.07, 6.45) is 0.471. The second-order valence-electron chi connectivity index (χ2n) is 6.68. The molecule has 132 valence electrons. The van der Waals surface area contributed by atoms with Crippen molar-refractivity contribution in [3.05, 3.63) is 47.5 Å². The lowest BCUT2D eigenvalue weighted by atomic mass is 10.1. The number of hydrogen-bond acceptors (Lipinski definition) is 5. The molecule has 0 aliphatic carbocycles. The molecule has 1 fully saturated rings. The summed E-state index contributed by atoms with van der Waals surface area (Å²) in [7, 11) is 3.89. The van der Waals surface area contributed by atoms with Gasteiger partial charge in [0.1, 0.15) is 0 Å². The monoisotopic (exact) mass is 339 g/mol. The molecule has 0 N–H and O–H groups in total. The smallest absolute Gasteiger partial charge is 0.227 e. The maximum absolute atomic E-state index is 12.5. The van der Waals surface area contributed by atoms with Crippen LogP contribution in [0.4, 0.5) is 11.6 Å². The van der Waals surface area contributed by atoms with Crippen molar-refractivity contribution >= 4 is 17.5 Å². The first-order chi connectivity index (χ1) is 12.0. The SMILES string of the molecule is Cc1cccc(CC(=O)N2CCN(c3ccc(N(C)C)nn3)CC2)c1. The summed E-state index contributed by atoms with van der Waals surface area (Å²) in [5, 5.41) is 8.53. The van der Waals surface area contributed by atoms with E-state index in [1.807, 2.05) is 48.2 Å². The highest BCUT2D eigenvalue weighted by atomic mass is 16.2. The Morgan fingerprint density at radius 2 is 1.84 bits per heavy atom. The summed E-state index contributed by atoms with van der Waals surface area (Å²) < 4.78 is 0. The van der Waals surface area contributed by atoms with Gasteiger partial charge in [0.15, 0.2) is 11.6 Å². The van der Waals surface area contributed by atoms with Crippen LogP contribution in [0.3, 0.4) is 0 Å². The molecule has 25 heavy (non-hydrogen) atoms. The van der Waals surface area contributed by atoms with Crippen molar-refractivity contribution in [3.63, 3.8) is 0 Å². The first-order valence-electron chi connectivity index (χ1n) is 8.62. The van der Waals surface area contributed by atoms with Crippen molar-refractivity contribution in [2.24, 2.45) is 0 Å². The normalized spacial score (nSPS) is 14.5. The van der Waals surface area contributed by atoms with Crippen LogP contribution in [0.5, 0.6) is 0 Å². The van der Waals surface area contributed by atoms with Crippen LogP contribution in [0, 0.1) is 6.92 Å². The van der Waals surface area contributed by atoms with Crippen LogP contribution in [0.25, 0.3) is 0 Å². The van der Waals surface area contributed by atoms with Gasteiger partial charge in [-0.05, 0) is 24.6 Å². The summed E-state index contributed by atoms with van der Waals surface area (Å²) in [4.78, 5) is 18.6. The Bertz CT molecular complexity index is 721. The van der Waals surface area contributed by atoms with Gasteiger partial charge in [-0.1, -0.05) is 29.8 Å². The van der Waals surface area contributed by atoms with E-state index < -0.39 is 0 Å². The number of carbonyl (C=O) groups excluding carboxylic acids is 1. The Morgan fingerprint density at radius 3 is 2.44 bits per heavy atom. The average Bonchev–Trinajstić information content (AvgIpc) is 2.62. The van der Waals surface area contributed by atoms with Gasteiger partial charge in [0.25, 0.3) is 0 Å². The van der Waals surface area contributed by atoms with Gasteiger partial charge in [-0.2, -0.15) is 0 Å². The fourth-order valence-electron chi connectivity index (χ4n) is 3.02. The van der Waals surface area contributed by atoms with E-state index in [0.717, 1.165) is 43.4 Å². The molecular formula is C19H25N5O. The molecule has 0 bridgehead atoms. The molecule has 1 aromatic carbocycles. The molecule has 6 heteroatoms. The Kier molecular flexibility index (Phi) is 5.16. The number of rotatable bonds is 4. The van der Waals surface area contributed by atoms with Crippen molar-refractivity contribution in [1.29, 1.82) is 0 Å². The number of nitrogens with zero attached hydrogens (tertiary/aromatic N) is 5. The molecule has 0 atom stereocenters. The van der Waals surface area contributed by atoms with Crippen LogP contribution in [-0.2, 0) is 11.2 Å². The van der Waals surface area contributed by atoms with Gasteiger partial charge in [0.05, 0.1) is 6.42 Å². The van der Waals surface area contributed by atoms with Crippen molar-refractivity contribution in [2.45, 2.75) is 13.3 Å². The third-order valence-corrected chi connectivity index (χ3v) is 4.49. The fourth-order valence-corrected chi connectivity index (χ4v) is 3.02. The van der Waals surface area contributed by atoms with Gasteiger partial charge < -0.3 is 14.7 Å². The minimum atomic E-state index is 0.194. The second-order valence-corrected chi connectivity index (χ2v) is 6.68. The second kappa shape index (κ2) is 7.51. The minimum absolute atomic E-state index is 0.194. The minimum Gasteiger partial charge on any atom is -0.361 e. The largest absolute Gasteiger partial charge is 0.361 e. The number of carbonyl (C=O) groups is 1. The van der Waals surface area contributed by atoms with Crippen LogP contribution in [-0.4, -0.2) is 61.3 Å². The Morgan fingerprint density at radius 1 is 1.08 bits per heavy atom. The first kappa shape index (κ1) is 17.2. The number of anilines is 2. The Labute approximate surface area is 149 Å². The van der Waals surface area contributed by atoms with Gasteiger partial charge in [0.2, 0.25) is 5.91 Å². The van der Waals surface area contributed by atoms with E-state index in [-0.39, 0.29) is 5.91 Å². The number of benzene rings is 1. The molecule has 0 unspecified atom stereocenters. The molecule has 1 amide bonds. The van der Waals surface area contributed by atoms with Gasteiger partial charge in [-0.15, -0.1) is 10.2 Å². The maximum Gasteiger partial charge on any atom is 0.227 e. The highest BCUT2D eigenvalue weighted by molar-refractivity contribution is 5.79. The topological polar surface area (TPSA) is 52.6 Å². The lowest BCUT2D eigenvalue weighted by Gasteiger charge is -2.35. The summed E-state index contributed by atoms with van der Waals surface area (Å²) >= 11 is 0. The molecule has 0 saturated carbocycles. The zero-order chi connectivity index (χ0) is 17.8. The summed E-state index contributed by atoms with van der Waals surface area (Å²) in [5.74, 6) is 1.91. The molecule has 6 nitrogen and oxygen atoms in total. The molecule has 1 aromatic heterocycles. The molecule has 1 saturated heterocycles. The molecule has 1 aliphatic heterocycles.